The second-order valence-electron chi connectivity index (χ2n) is 8.21. The number of carbonyl (C=O) groups excluding carboxylic acids is 2. The van der Waals surface area contributed by atoms with Crippen molar-refractivity contribution in [3.05, 3.63) is 85.7 Å². The van der Waals surface area contributed by atoms with Crippen LogP contribution in [-0.4, -0.2) is 23.4 Å². The zero-order valence-corrected chi connectivity index (χ0v) is 19.6. The molecule has 5 rings (SSSR count). The highest BCUT2D eigenvalue weighted by Crippen LogP contribution is 2.43. The lowest BCUT2D eigenvalue weighted by molar-refractivity contribution is -0.119. The Hall–Kier alpha value is -3.98. The van der Waals surface area contributed by atoms with Gasteiger partial charge in [-0.05, 0) is 50.6 Å². The van der Waals surface area contributed by atoms with Crippen molar-refractivity contribution in [2.45, 2.75) is 26.8 Å². The van der Waals surface area contributed by atoms with Crippen molar-refractivity contribution in [2.24, 2.45) is 5.73 Å². The molecule has 1 aliphatic rings. The van der Waals surface area contributed by atoms with Gasteiger partial charge >= 0.3 is 0 Å². The summed E-state index contributed by atoms with van der Waals surface area (Å²) in [6.07, 6.45) is 0. The van der Waals surface area contributed by atoms with Crippen LogP contribution in [0.2, 0.25) is 0 Å². The van der Waals surface area contributed by atoms with Crippen molar-refractivity contribution in [1.29, 1.82) is 0 Å². The molecule has 1 atom stereocenters. The summed E-state index contributed by atoms with van der Waals surface area (Å²) >= 11 is 1.39. The van der Waals surface area contributed by atoms with E-state index in [9.17, 15) is 14.4 Å². The number of nitrogens with two attached hydrogens (primary N) is 1. The van der Waals surface area contributed by atoms with Crippen molar-refractivity contribution >= 4 is 39.3 Å². The summed E-state index contributed by atoms with van der Waals surface area (Å²) in [5.74, 6) is -0.533. The Kier molecular flexibility index (Phi) is 5.21. The maximum Gasteiger partial charge on any atom is 0.297 e. The molecule has 8 nitrogen and oxygen atoms in total. The molecule has 2 aromatic carbocycles. The Morgan fingerprint density at radius 2 is 1.88 bits per heavy atom. The Balaban J connectivity index is 1.70. The van der Waals surface area contributed by atoms with Gasteiger partial charge in [0.15, 0.2) is 17.2 Å². The van der Waals surface area contributed by atoms with E-state index in [1.165, 1.54) is 16.2 Å². The third-order valence-electron chi connectivity index (χ3n) is 5.83. The van der Waals surface area contributed by atoms with Crippen LogP contribution in [0.5, 0.6) is 5.75 Å². The van der Waals surface area contributed by atoms with Crippen LogP contribution in [-0.2, 0) is 4.79 Å². The SMILES string of the molecule is Cc1ccc2oc3c(c(=O)c2c1)[C@H](c1ccc(OCC(N)=O)cc1)N(c1nc(C)c(C)s1)C3=O. The molecule has 34 heavy (non-hydrogen) atoms. The van der Waals surface area contributed by atoms with Crippen LogP contribution in [0.25, 0.3) is 11.0 Å². The number of aromatic nitrogens is 1. The predicted molar refractivity (Wildman–Crippen MR) is 129 cm³/mol. The fraction of sp³-hybridized carbons (Fsp3) is 0.200. The summed E-state index contributed by atoms with van der Waals surface area (Å²) in [7, 11) is 0. The molecule has 172 valence electrons. The van der Waals surface area contributed by atoms with E-state index in [0.29, 0.717) is 27.4 Å². The third kappa shape index (κ3) is 3.54. The first-order chi connectivity index (χ1) is 16.2. The summed E-state index contributed by atoms with van der Waals surface area (Å²) in [4.78, 5) is 45.4. The number of anilines is 1. The third-order valence-corrected chi connectivity index (χ3v) is 6.90. The average molecular weight is 476 g/mol. The van der Waals surface area contributed by atoms with Gasteiger partial charge in [-0.3, -0.25) is 19.3 Å². The van der Waals surface area contributed by atoms with Gasteiger partial charge in [-0.1, -0.05) is 23.8 Å². The van der Waals surface area contributed by atoms with Crippen molar-refractivity contribution in [2.75, 3.05) is 11.5 Å². The molecule has 2 amide bonds. The van der Waals surface area contributed by atoms with E-state index >= 15 is 0 Å². The van der Waals surface area contributed by atoms with E-state index < -0.39 is 17.9 Å². The number of rotatable bonds is 5. The van der Waals surface area contributed by atoms with Gasteiger partial charge in [0.2, 0.25) is 5.76 Å². The zero-order valence-electron chi connectivity index (χ0n) is 18.7. The molecule has 9 heteroatoms. The lowest BCUT2D eigenvalue weighted by Crippen LogP contribution is -2.29. The Morgan fingerprint density at radius 1 is 1.15 bits per heavy atom. The van der Waals surface area contributed by atoms with E-state index in [2.05, 4.69) is 4.98 Å². The fourth-order valence-electron chi connectivity index (χ4n) is 4.06. The topological polar surface area (TPSA) is 116 Å². The summed E-state index contributed by atoms with van der Waals surface area (Å²) in [5, 5.41) is 0.913. The number of aryl methyl sites for hydroxylation is 3. The van der Waals surface area contributed by atoms with Crippen LogP contribution in [0.15, 0.2) is 51.7 Å². The molecule has 0 saturated heterocycles. The molecule has 0 bridgehead atoms. The molecule has 2 aromatic heterocycles. The molecule has 4 aromatic rings. The van der Waals surface area contributed by atoms with Gasteiger partial charge in [0, 0.05) is 4.88 Å². The summed E-state index contributed by atoms with van der Waals surface area (Å²) < 4.78 is 11.3. The highest BCUT2D eigenvalue weighted by molar-refractivity contribution is 7.15. The summed E-state index contributed by atoms with van der Waals surface area (Å²) in [5.41, 5.74) is 7.96. The molecule has 0 fully saturated rings. The van der Waals surface area contributed by atoms with E-state index in [1.807, 2.05) is 26.8 Å². The lowest BCUT2D eigenvalue weighted by atomic mass is 9.98. The molecular weight excluding hydrogens is 454 g/mol. The Bertz CT molecular complexity index is 1500. The molecular formula is C25H21N3O5S. The number of amides is 2. The standard InChI is InChI=1S/C25H21N3O5S/c1-12-4-9-18-17(10-12)22(30)20-21(15-5-7-16(8-6-15)32-11-19(26)29)28(24(31)23(20)33-18)25-27-13(2)14(3)34-25/h4-10,21H,11H2,1-3H3,(H2,26,29)/t21-/m0/s1. The molecule has 1 aliphatic heterocycles. The van der Waals surface area contributed by atoms with E-state index in [-0.39, 0.29) is 23.4 Å². The number of nitrogens with zero attached hydrogens (tertiary/aromatic N) is 2. The van der Waals surface area contributed by atoms with Crippen LogP contribution >= 0.6 is 11.3 Å². The number of ether oxygens (including phenoxy) is 1. The van der Waals surface area contributed by atoms with Crippen LogP contribution < -0.4 is 20.8 Å². The maximum atomic E-state index is 13.7. The molecule has 0 saturated carbocycles. The van der Waals surface area contributed by atoms with Crippen molar-refractivity contribution in [1.82, 2.24) is 4.98 Å². The number of hydrogen-bond acceptors (Lipinski definition) is 7. The zero-order chi connectivity index (χ0) is 24.1. The molecule has 0 unspecified atom stereocenters. The summed E-state index contributed by atoms with van der Waals surface area (Å²) in [6, 6.07) is 11.4. The second kappa shape index (κ2) is 8.11. The first-order valence-electron chi connectivity index (χ1n) is 10.6. The molecule has 0 aliphatic carbocycles. The highest BCUT2D eigenvalue weighted by atomic mass is 32.1. The van der Waals surface area contributed by atoms with Gasteiger partial charge in [0.1, 0.15) is 11.3 Å². The van der Waals surface area contributed by atoms with Gasteiger partial charge in [-0.15, -0.1) is 11.3 Å². The minimum absolute atomic E-state index is 0.0194. The van der Waals surface area contributed by atoms with Crippen molar-refractivity contribution < 1.29 is 18.7 Å². The number of thiazole rings is 1. The molecule has 0 spiro atoms. The summed E-state index contributed by atoms with van der Waals surface area (Å²) in [6.45, 7) is 5.46. The quantitative estimate of drug-likeness (QED) is 0.470. The normalized spacial score (nSPS) is 15.1. The largest absolute Gasteiger partial charge is 0.484 e. The number of primary amides is 1. The van der Waals surface area contributed by atoms with Gasteiger partial charge in [-0.2, -0.15) is 0 Å². The second-order valence-corrected chi connectivity index (χ2v) is 9.39. The van der Waals surface area contributed by atoms with Gasteiger partial charge in [0.25, 0.3) is 11.8 Å². The highest BCUT2D eigenvalue weighted by Gasteiger charge is 2.45. The van der Waals surface area contributed by atoms with Crippen LogP contribution in [0.1, 0.15) is 43.9 Å². The minimum Gasteiger partial charge on any atom is -0.484 e. The number of benzene rings is 2. The number of hydrogen-bond donors (Lipinski definition) is 1. The van der Waals surface area contributed by atoms with E-state index in [4.69, 9.17) is 14.9 Å². The first kappa shape index (κ1) is 21.8. The van der Waals surface area contributed by atoms with Crippen LogP contribution in [0.3, 0.4) is 0 Å². The molecule has 0 radical (unpaired) electrons. The van der Waals surface area contributed by atoms with E-state index in [1.54, 1.807) is 36.4 Å². The van der Waals surface area contributed by atoms with E-state index in [0.717, 1.165) is 16.1 Å². The smallest absolute Gasteiger partial charge is 0.297 e. The van der Waals surface area contributed by atoms with Gasteiger partial charge < -0.3 is 14.9 Å². The predicted octanol–water partition coefficient (Wildman–Crippen LogP) is 3.79. The van der Waals surface area contributed by atoms with Crippen molar-refractivity contribution in [3.63, 3.8) is 0 Å². The van der Waals surface area contributed by atoms with Crippen LogP contribution in [0, 0.1) is 20.8 Å². The fourth-order valence-corrected chi connectivity index (χ4v) is 5.00. The van der Waals surface area contributed by atoms with Crippen molar-refractivity contribution in [3.8, 4) is 5.75 Å². The maximum absolute atomic E-state index is 13.7. The monoisotopic (exact) mass is 475 g/mol. The number of carbonyl (C=O) groups is 2. The number of fused-ring (bicyclic) bond motifs is 2. The lowest BCUT2D eigenvalue weighted by Gasteiger charge is -2.22. The molecule has 3 heterocycles. The van der Waals surface area contributed by atoms with Gasteiger partial charge in [0.05, 0.1) is 22.7 Å². The minimum atomic E-state index is -0.723. The Morgan fingerprint density at radius 3 is 2.53 bits per heavy atom. The Labute approximate surface area is 198 Å². The van der Waals surface area contributed by atoms with Gasteiger partial charge in [-0.25, -0.2) is 4.98 Å². The molecule has 2 N–H and O–H groups in total. The first-order valence-corrected chi connectivity index (χ1v) is 11.4. The van der Waals surface area contributed by atoms with Crippen LogP contribution in [0.4, 0.5) is 5.13 Å². The average Bonchev–Trinajstić information content (AvgIpc) is 3.29.